The number of hydrogen-bond donors (Lipinski definition) is 1. The lowest BCUT2D eigenvalue weighted by Crippen LogP contribution is -2.12. The fourth-order valence-electron chi connectivity index (χ4n) is 1.57. The average Bonchev–Trinajstić information content (AvgIpc) is 2.55. The van der Waals surface area contributed by atoms with Crippen LogP contribution in [0.15, 0.2) is 6.20 Å². The molecule has 0 amide bonds. The summed E-state index contributed by atoms with van der Waals surface area (Å²) < 4.78 is 6.78. The molecule has 0 saturated carbocycles. The zero-order chi connectivity index (χ0) is 11.4. The average molecular weight is 212 g/mol. The zero-order valence-corrected chi connectivity index (χ0v) is 9.90. The molecule has 0 fully saturated rings. The molecule has 0 aliphatic carbocycles. The van der Waals surface area contributed by atoms with Crippen molar-refractivity contribution >= 4 is 0 Å². The van der Waals surface area contributed by atoms with Crippen molar-refractivity contribution in [3.05, 3.63) is 17.5 Å². The van der Waals surface area contributed by atoms with Gasteiger partial charge in [-0.3, -0.25) is 4.68 Å². The SMILES string of the molecule is COCCC(C)C(O)c1cnn(C)c1C. The number of methoxy groups -OCH3 is 1. The van der Waals surface area contributed by atoms with Crippen molar-refractivity contribution in [2.24, 2.45) is 13.0 Å². The maximum atomic E-state index is 10.1. The highest BCUT2D eigenvalue weighted by Crippen LogP contribution is 2.26. The molecule has 1 rings (SSSR count). The van der Waals surface area contributed by atoms with Crippen molar-refractivity contribution in [1.29, 1.82) is 0 Å². The number of aliphatic hydroxyl groups excluding tert-OH is 1. The Morgan fingerprint density at radius 3 is 2.73 bits per heavy atom. The van der Waals surface area contributed by atoms with Crippen LogP contribution in [0.5, 0.6) is 0 Å². The molecule has 0 aliphatic rings. The molecule has 15 heavy (non-hydrogen) atoms. The van der Waals surface area contributed by atoms with Crippen LogP contribution >= 0.6 is 0 Å². The highest BCUT2D eigenvalue weighted by Gasteiger charge is 2.19. The minimum atomic E-state index is -0.450. The lowest BCUT2D eigenvalue weighted by molar-refractivity contribution is 0.0881. The minimum absolute atomic E-state index is 0.188. The number of nitrogens with zero attached hydrogens (tertiary/aromatic N) is 2. The molecular weight excluding hydrogens is 192 g/mol. The predicted molar refractivity (Wildman–Crippen MR) is 58.6 cm³/mol. The molecule has 0 bridgehead atoms. The third-order valence-electron chi connectivity index (χ3n) is 2.91. The minimum Gasteiger partial charge on any atom is -0.388 e. The van der Waals surface area contributed by atoms with E-state index < -0.39 is 6.10 Å². The van der Waals surface area contributed by atoms with Gasteiger partial charge in [-0.05, 0) is 19.3 Å². The molecule has 2 atom stereocenters. The van der Waals surface area contributed by atoms with Crippen LogP contribution in [0.3, 0.4) is 0 Å². The second-order valence-electron chi connectivity index (χ2n) is 4.01. The maximum absolute atomic E-state index is 10.1. The van der Waals surface area contributed by atoms with Gasteiger partial charge in [0.15, 0.2) is 0 Å². The van der Waals surface area contributed by atoms with Gasteiger partial charge >= 0.3 is 0 Å². The molecule has 1 N–H and O–H groups in total. The van der Waals surface area contributed by atoms with Gasteiger partial charge in [-0.15, -0.1) is 0 Å². The van der Waals surface area contributed by atoms with Crippen LogP contribution in [0.1, 0.15) is 30.7 Å². The topological polar surface area (TPSA) is 47.3 Å². The summed E-state index contributed by atoms with van der Waals surface area (Å²) in [4.78, 5) is 0. The number of aryl methyl sites for hydroxylation is 1. The molecule has 4 heteroatoms. The van der Waals surface area contributed by atoms with Crippen LogP contribution in [-0.2, 0) is 11.8 Å². The molecule has 0 spiro atoms. The molecular formula is C11H20N2O2. The molecule has 1 heterocycles. The summed E-state index contributed by atoms with van der Waals surface area (Å²) in [6.45, 7) is 4.67. The van der Waals surface area contributed by atoms with Crippen LogP contribution in [0.2, 0.25) is 0 Å². The third-order valence-corrected chi connectivity index (χ3v) is 2.91. The zero-order valence-electron chi connectivity index (χ0n) is 9.90. The Labute approximate surface area is 90.9 Å². The first-order valence-electron chi connectivity index (χ1n) is 5.23. The smallest absolute Gasteiger partial charge is 0.0849 e. The van der Waals surface area contributed by atoms with Crippen molar-refractivity contribution < 1.29 is 9.84 Å². The van der Waals surface area contributed by atoms with Gasteiger partial charge in [-0.2, -0.15) is 5.10 Å². The van der Waals surface area contributed by atoms with E-state index in [4.69, 9.17) is 4.74 Å². The maximum Gasteiger partial charge on any atom is 0.0849 e. The van der Waals surface area contributed by atoms with Crippen LogP contribution < -0.4 is 0 Å². The van der Waals surface area contributed by atoms with Gasteiger partial charge in [0.25, 0.3) is 0 Å². The molecule has 4 nitrogen and oxygen atoms in total. The van der Waals surface area contributed by atoms with Crippen molar-refractivity contribution in [3.63, 3.8) is 0 Å². The van der Waals surface area contributed by atoms with E-state index in [0.717, 1.165) is 17.7 Å². The first kappa shape index (κ1) is 12.2. The van der Waals surface area contributed by atoms with Gasteiger partial charge in [0.1, 0.15) is 0 Å². The quantitative estimate of drug-likeness (QED) is 0.803. The van der Waals surface area contributed by atoms with Crippen LogP contribution in [0.25, 0.3) is 0 Å². The van der Waals surface area contributed by atoms with Gasteiger partial charge in [0.05, 0.1) is 12.3 Å². The standard InChI is InChI=1S/C11H20N2O2/c1-8(5-6-15-4)11(14)10-7-12-13(3)9(10)2/h7-8,11,14H,5-6H2,1-4H3. The number of hydrogen-bond acceptors (Lipinski definition) is 3. The Kier molecular flexibility index (Phi) is 4.29. The second-order valence-corrected chi connectivity index (χ2v) is 4.01. The van der Waals surface area contributed by atoms with Crippen LogP contribution in [0, 0.1) is 12.8 Å². The van der Waals surface area contributed by atoms with E-state index >= 15 is 0 Å². The van der Waals surface area contributed by atoms with Gasteiger partial charge in [0.2, 0.25) is 0 Å². The Morgan fingerprint density at radius 1 is 1.60 bits per heavy atom. The predicted octanol–water partition coefficient (Wildman–Crippen LogP) is 1.43. The number of aromatic nitrogens is 2. The monoisotopic (exact) mass is 212 g/mol. The Hall–Kier alpha value is -0.870. The molecule has 0 radical (unpaired) electrons. The largest absolute Gasteiger partial charge is 0.388 e. The highest BCUT2D eigenvalue weighted by molar-refractivity contribution is 5.19. The summed E-state index contributed by atoms with van der Waals surface area (Å²) in [5.74, 6) is 0.188. The van der Waals surface area contributed by atoms with E-state index in [2.05, 4.69) is 5.10 Å². The van der Waals surface area contributed by atoms with Crippen LogP contribution in [-0.4, -0.2) is 28.6 Å². The molecule has 2 unspecified atom stereocenters. The molecule has 0 aliphatic heterocycles. The summed E-state index contributed by atoms with van der Waals surface area (Å²) >= 11 is 0. The molecule has 1 aromatic heterocycles. The summed E-state index contributed by atoms with van der Waals surface area (Å²) in [5, 5.41) is 14.2. The molecule has 0 saturated heterocycles. The van der Waals surface area contributed by atoms with Crippen LogP contribution in [0.4, 0.5) is 0 Å². The Balaban J connectivity index is 2.67. The van der Waals surface area contributed by atoms with Gasteiger partial charge in [-0.1, -0.05) is 6.92 Å². The van der Waals surface area contributed by atoms with Crippen molar-refractivity contribution in [1.82, 2.24) is 9.78 Å². The fourth-order valence-corrected chi connectivity index (χ4v) is 1.57. The van der Waals surface area contributed by atoms with E-state index in [9.17, 15) is 5.11 Å². The number of aliphatic hydroxyl groups is 1. The summed E-state index contributed by atoms with van der Waals surface area (Å²) in [6, 6.07) is 0. The lowest BCUT2D eigenvalue weighted by Gasteiger charge is -2.18. The lowest BCUT2D eigenvalue weighted by atomic mass is 9.95. The van der Waals surface area contributed by atoms with Gasteiger partial charge in [-0.25, -0.2) is 0 Å². The van der Waals surface area contributed by atoms with Gasteiger partial charge < -0.3 is 9.84 Å². The van der Waals surface area contributed by atoms with E-state index in [1.807, 2.05) is 20.9 Å². The Bertz CT molecular complexity index is 310. The molecule has 1 aromatic rings. The normalized spacial score (nSPS) is 15.3. The van der Waals surface area contributed by atoms with Crippen molar-refractivity contribution in [2.45, 2.75) is 26.4 Å². The highest BCUT2D eigenvalue weighted by atomic mass is 16.5. The van der Waals surface area contributed by atoms with Gasteiger partial charge in [0, 0.05) is 32.0 Å². The second kappa shape index (κ2) is 5.28. The first-order valence-corrected chi connectivity index (χ1v) is 5.23. The first-order chi connectivity index (χ1) is 7.07. The van der Waals surface area contributed by atoms with E-state index in [0.29, 0.717) is 6.61 Å². The summed E-state index contributed by atoms with van der Waals surface area (Å²) in [5.41, 5.74) is 1.94. The molecule has 0 aromatic carbocycles. The van der Waals surface area contributed by atoms with E-state index in [-0.39, 0.29) is 5.92 Å². The number of rotatable bonds is 5. The summed E-state index contributed by atoms with van der Waals surface area (Å²) in [6.07, 6.45) is 2.14. The van der Waals surface area contributed by atoms with Crippen molar-refractivity contribution in [3.8, 4) is 0 Å². The fraction of sp³-hybridized carbons (Fsp3) is 0.727. The third kappa shape index (κ3) is 2.79. The summed E-state index contributed by atoms with van der Waals surface area (Å²) in [7, 11) is 3.56. The number of ether oxygens (including phenoxy) is 1. The Morgan fingerprint density at radius 2 is 2.27 bits per heavy atom. The van der Waals surface area contributed by atoms with E-state index in [1.165, 1.54) is 0 Å². The van der Waals surface area contributed by atoms with E-state index in [1.54, 1.807) is 18.0 Å². The molecule has 86 valence electrons. The van der Waals surface area contributed by atoms with Crippen molar-refractivity contribution in [2.75, 3.05) is 13.7 Å².